The average molecular weight is 259 g/mol. The van der Waals surface area contributed by atoms with Crippen molar-refractivity contribution >= 4 is 10.8 Å². The number of hydrogen-bond acceptors (Lipinski definition) is 3. The Morgan fingerprint density at radius 2 is 2.12 bits per heavy atom. The van der Waals surface area contributed by atoms with E-state index in [9.17, 15) is 8.60 Å². The van der Waals surface area contributed by atoms with Crippen LogP contribution in [0, 0.1) is 5.82 Å². The Kier molecular flexibility index (Phi) is 4.65. The first-order valence-corrected chi connectivity index (χ1v) is 6.77. The van der Waals surface area contributed by atoms with Crippen LogP contribution in [-0.4, -0.2) is 22.6 Å². The van der Waals surface area contributed by atoms with Crippen LogP contribution in [0.2, 0.25) is 0 Å². The molecule has 0 aromatic heterocycles. The van der Waals surface area contributed by atoms with Gasteiger partial charge in [-0.2, -0.15) is 0 Å². The molecule has 1 rings (SSSR count). The molecule has 0 bridgehead atoms. The Morgan fingerprint density at radius 3 is 2.65 bits per heavy atom. The largest absolute Gasteiger partial charge is 0.494 e. The molecule has 3 nitrogen and oxygen atoms in total. The summed E-state index contributed by atoms with van der Waals surface area (Å²) in [6.07, 6.45) is 0. The average Bonchev–Trinajstić information content (AvgIpc) is 2.18. The lowest BCUT2D eigenvalue weighted by molar-refractivity contribution is 0.385. The third-order valence-corrected chi connectivity index (χ3v) is 3.81. The van der Waals surface area contributed by atoms with Gasteiger partial charge in [-0.05, 0) is 19.9 Å². The van der Waals surface area contributed by atoms with Gasteiger partial charge < -0.3 is 10.5 Å². The molecule has 0 fully saturated rings. The Balaban J connectivity index is 2.79. The summed E-state index contributed by atoms with van der Waals surface area (Å²) in [5.74, 6) is 0.220. The molecule has 0 saturated carbocycles. The summed E-state index contributed by atoms with van der Waals surface area (Å²) in [5.41, 5.74) is 5.65. The highest BCUT2D eigenvalue weighted by atomic mass is 32.2. The Labute approximate surface area is 104 Å². The molecule has 17 heavy (non-hydrogen) atoms. The van der Waals surface area contributed by atoms with Crippen molar-refractivity contribution in [3.8, 4) is 5.75 Å². The first-order chi connectivity index (χ1) is 7.83. The SMILES string of the molecule is COc1cccc(CS(=O)CC(C)(C)N)c1F. The molecule has 0 spiro atoms. The van der Waals surface area contributed by atoms with E-state index in [0.717, 1.165) is 0 Å². The van der Waals surface area contributed by atoms with Crippen LogP contribution < -0.4 is 10.5 Å². The van der Waals surface area contributed by atoms with Crippen molar-refractivity contribution in [2.45, 2.75) is 25.1 Å². The number of benzene rings is 1. The molecular weight excluding hydrogens is 241 g/mol. The molecule has 0 saturated heterocycles. The van der Waals surface area contributed by atoms with E-state index in [4.69, 9.17) is 10.5 Å². The predicted molar refractivity (Wildman–Crippen MR) is 67.9 cm³/mol. The highest BCUT2D eigenvalue weighted by molar-refractivity contribution is 7.84. The van der Waals surface area contributed by atoms with E-state index in [-0.39, 0.29) is 11.5 Å². The molecule has 1 unspecified atom stereocenters. The van der Waals surface area contributed by atoms with Crippen LogP contribution in [0.3, 0.4) is 0 Å². The molecule has 96 valence electrons. The predicted octanol–water partition coefficient (Wildman–Crippen LogP) is 1.82. The second kappa shape index (κ2) is 5.60. The maximum atomic E-state index is 13.8. The zero-order chi connectivity index (χ0) is 13.1. The van der Waals surface area contributed by atoms with Crippen molar-refractivity contribution in [2.75, 3.05) is 12.9 Å². The molecule has 0 radical (unpaired) electrons. The van der Waals surface area contributed by atoms with Crippen LogP contribution in [0.5, 0.6) is 5.75 Å². The van der Waals surface area contributed by atoms with Gasteiger partial charge in [0.05, 0.1) is 12.9 Å². The highest BCUT2D eigenvalue weighted by Crippen LogP contribution is 2.21. The van der Waals surface area contributed by atoms with Gasteiger partial charge in [-0.25, -0.2) is 4.39 Å². The summed E-state index contributed by atoms with van der Waals surface area (Å²) < 4.78 is 30.4. The van der Waals surface area contributed by atoms with E-state index in [0.29, 0.717) is 11.3 Å². The van der Waals surface area contributed by atoms with E-state index >= 15 is 0 Å². The van der Waals surface area contributed by atoms with Gasteiger partial charge in [0.2, 0.25) is 0 Å². The Morgan fingerprint density at radius 1 is 1.47 bits per heavy atom. The van der Waals surface area contributed by atoms with Crippen LogP contribution in [-0.2, 0) is 16.6 Å². The molecule has 0 aliphatic heterocycles. The number of methoxy groups -OCH3 is 1. The third kappa shape index (κ3) is 4.44. The van der Waals surface area contributed by atoms with Crippen molar-refractivity contribution < 1.29 is 13.3 Å². The highest BCUT2D eigenvalue weighted by Gasteiger charge is 2.17. The first-order valence-electron chi connectivity index (χ1n) is 5.29. The summed E-state index contributed by atoms with van der Waals surface area (Å²) >= 11 is 0. The molecule has 0 aliphatic rings. The lowest BCUT2D eigenvalue weighted by Crippen LogP contribution is -2.38. The number of rotatable bonds is 5. The molecule has 0 amide bonds. The Hall–Kier alpha value is -0.940. The van der Waals surface area contributed by atoms with E-state index in [1.54, 1.807) is 26.0 Å². The standard InChI is InChI=1S/C12H18FNO2S/c1-12(2,14)8-17(15)7-9-5-4-6-10(16-3)11(9)13/h4-6H,7-8,14H2,1-3H3. The lowest BCUT2D eigenvalue weighted by atomic mass is 10.1. The first kappa shape index (κ1) is 14.1. The maximum Gasteiger partial charge on any atom is 0.169 e. The van der Waals surface area contributed by atoms with E-state index in [1.807, 2.05) is 0 Å². The zero-order valence-corrected chi connectivity index (χ0v) is 11.1. The third-order valence-electron chi connectivity index (χ3n) is 2.11. The summed E-state index contributed by atoms with van der Waals surface area (Å²) in [7, 11) is 0.223. The normalized spacial score (nSPS) is 13.5. The van der Waals surface area contributed by atoms with Crippen LogP contribution in [0.25, 0.3) is 0 Å². The van der Waals surface area contributed by atoms with E-state index < -0.39 is 22.2 Å². The van der Waals surface area contributed by atoms with Crippen molar-refractivity contribution in [3.63, 3.8) is 0 Å². The van der Waals surface area contributed by atoms with Crippen molar-refractivity contribution in [3.05, 3.63) is 29.6 Å². The van der Waals surface area contributed by atoms with Gasteiger partial charge in [0, 0.05) is 27.7 Å². The number of hydrogen-bond donors (Lipinski definition) is 1. The molecule has 0 aliphatic carbocycles. The summed E-state index contributed by atoms with van der Waals surface area (Å²) in [6.45, 7) is 3.60. The fraction of sp³-hybridized carbons (Fsp3) is 0.500. The van der Waals surface area contributed by atoms with Crippen LogP contribution in [0.4, 0.5) is 4.39 Å². The lowest BCUT2D eigenvalue weighted by Gasteiger charge is -2.17. The fourth-order valence-electron chi connectivity index (χ4n) is 1.46. The smallest absolute Gasteiger partial charge is 0.169 e. The van der Waals surface area contributed by atoms with Crippen LogP contribution >= 0.6 is 0 Å². The second-order valence-corrected chi connectivity index (χ2v) is 6.11. The van der Waals surface area contributed by atoms with Crippen LogP contribution in [0.1, 0.15) is 19.4 Å². The topological polar surface area (TPSA) is 52.3 Å². The van der Waals surface area contributed by atoms with Gasteiger partial charge in [0.15, 0.2) is 11.6 Å². The van der Waals surface area contributed by atoms with Gasteiger partial charge in [-0.1, -0.05) is 12.1 Å². The fourth-order valence-corrected chi connectivity index (χ4v) is 2.97. The van der Waals surface area contributed by atoms with Crippen molar-refractivity contribution in [1.29, 1.82) is 0 Å². The second-order valence-electron chi connectivity index (χ2n) is 4.65. The molecule has 0 heterocycles. The number of nitrogens with two attached hydrogens (primary N) is 1. The number of ether oxygens (including phenoxy) is 1. The minimum Gasteiger partial charge on any atom is -0.494 e. The molecule has 1 atom stereocenters. The van der Waals surface area contributed by atoms with Gasteiger partial charge in [0.1, 0.15) is 0 Å². The quantitative estimate of drug-likeness (QED) is 0.877. The maximum absolute atomic E-state index is 13.8. The number of halogens is 1. The van der Waals surface area contributed by atoms with E-state index in [2.05, 4.69) is 0 Å². The molecule has 1 aromatic carbocycles. The molecule has 5 heteroatoms. The molecule has 2 N–H and O–H groups in total. The Bertz CT molecular complexity index is 415. The minimum absolute atomic E-state index is 0.156. The minimum atomic E-state index is -1.18. The summed E-state index contributed by atoms with van der Waals surface area (Å²) in [6, 6.07) is 4.83. The van der Waals surface area contributed by atoms with Crippen molar-refractivity contribution in [2.24, 2.45) is 5.73 Å². The monoisotopic (exact) mass is 259 g/mol. The van der Waals surface area contributed by atoms with E-state index in [1.165, 1.54) is 13.2 Å². The van der Waals surface area contributed by atoms with Gasteiger partial charge in [-0.15, -0.1) is 0 Å². The van der Waals surface area contributed by atoms with Crippen LogP contribution in [0.15, 0.2) is 18.2 Å². The van der Waals surface area contributed by atoms with Crippen molar-refractivity contribution in [1.82, 2.24) is 0 Å². The summed E-state index contributed by atoms with van der Waals surface area (Å²) in [5, 5.41) is 0. The summed E-state index contributed by atoms with van der Waals surface area (Å²) in [4.78, 5) is 0. The van der Waals surface area contributed by atoms with Gasteiger partial charge in [0.25, 0.3) is 0 Å². The van der Waals surface area contributed by atoms with Gasteiger partial charge in [-0.3, -0.25) is 4.21 Å². The zero-order valence-electron chi connectivity index (χ0n) is 10.3. The van der Waals surface area contributed by atoms with Gasteiger partial charge >= 0.3 is 0 Å². The molecular formula is C12H18FNO2S. The molecule has 1 aromatic rings.